The van der Waals surface area contributed by atoms with Gasteiger partial charge in [0.15, 0.2) is 0 Å². The molecule has 1 heterocycles. The van der Waals surface area contributed by atoms with Crippen molar-refractivity contribution in [2.45, 2.75) is 31.9 Å². The van der Waals surface area contributed by atoms with E-state index in [9.17, 15) is 9.90 Å². The Balaban J connectivity index is 1.93. The maximum Gasteiger partial charge on any atom is 0.217 e. The number of carbonyl (C=O) groups is 1. The molecule has 1 aromatic heterocycles. The first kappa shape index (κ1) is 13.1. The van der Waals surface area contributed by atoms with Crippen molar-refractivity contribution in [2.24, 2.45) is 5.92 Å². The molecule has 0 bridgehead atoms. The first-order chi connectivity index (χ1) is 9.63. The number of aliphatic hydroxyl groups excluding tert-OH is 1. The van der Waals surface area contributed by atoms with Crippen LogP contribution in [0.1, 0.15) is 31.4 Å². The van der Waals surface area contributed by atoms with E-state index >= 15 is 0 Å². The minimum atomic E-state index is -0.232. The van der Waals surface area contributed by atoms with Crippen molar-refractivity contribution in [3.8, 4) is 0 Å². The van der Waals surface area contributed by atoms with E-state index in [1.165, 1.54) is 6.92 Å². The second kappa shape index (κ2) is 5.21. The summed E-state index contributed by atoms with van der Waals surface area (Å²) in [6.45, 7) is 1.52. The van der Waals surface area contributed by atoms with Gasteiger partial charge in [-0.05, 0) is 36.5 Å². The SMILES string of the molecule is CC(=O)N[C@@H](c1cnc2ccccc2c1)C1CC(O)C1. The zero-order chi connectivity index (χ0) is 14.1. The molecular formula is C16H18N2O2. The molecule has 4 heteroatoms. The predicted octanol–water partition coefficient (Wildman–Crippen LogP) is 2.18. The number of fused-ring (bicyclic) bond motifs is 1. The Hall–Kier alpha value is -1.94. The smallest absolute Gasteiger partial charge is 0.217 e. The normalized spacial score (nSPS) is 23.1. The number of carbonyl (C=O) groups excluding carboxylic acids is 1. The van der Waals surface area contributed by atoms with Crippen molar-refractivity contribution in [3.63, 3.8) is 0 Å². The third-order valence-electron chi connectivity index (χ3n) is 3.95. The maximum atomic E-state index is 11.4. The lowest BCUT2D eigenvalue weighted by Crippen LogP contribution is -2.40. The number of rotatable bonds is 3. The highest BCUT2D eigenvalue weighted by atomic mass is 16.3. The largest absolute Gasteiger partial charge is 0.393 e. The molecule has 2 aromatic rings. The number of hydrogen-bond acceptors (Lipinski definition) is 3. The summed E-state index contributed by atoms with van der Waals surface area (Å²) in [4.78, 5) is 15.9. The van der Waals surface area contributed by atoms with E-state index in [1.807, 2.05) is 30.5 Å². The molecule has 1 aliphatic carbocycles. The van der Waals surface area contributed by atoms with Crippen LogP contribution in [-0.4, -0.2) is 22.1 Å². The van der Waals surface area contributed by atoms with Crippen molar-refractivity contribution in [1.82, 2.24) is 10.3 Å². The van der Waals surface area contributed by atoms with Gasteiger partial charge in [0, 0.05) is 18.5 Å². The van der Waals surface area contributed by atoms with Crippen LogP contribution in [0.3, 0.4) is 0 Å². The summed E-state index contributed by atoms with van der Waals surface area (Å²) in [6.07, 6.45) is 3.06. The number of aromatic nitrogens is 1. The van der Waals surface area contributed by atoms with Crippen molar-refractivity contribution in [3.05, 3.63) is 42.1 Å². The molecule has 0 spiro atoms. The zero-order valence-corrected chi connectivity index (χ0v) is 11.4. The number of nitrogens with zero attached hydrogens (tertiary/aromatic N) is 1. The van der Waals surface area contributed by atoms with Crippen LogP contribution in [0, 0.1) is 5.92 Å². The van der Waals surface area contributed by atoms with Crippen LogP contribution >= 0.6 is 0 Å². The number of aliphatic hydroxyl groups is 1. The third-order valence-corrected chi connectivity index (χ3v) is 3.95. The van der Waals surface area contributed by atoms with Crippen LogP contribution in [0.4, 0.5) is 0 Å². The average molecular weight is 270 g/mol. The summed E-state index contributed by atoms with van der Waals surface area (Å²) in [5, 5.41) is 13.6. The fraction of sp³-hybridized carbons (Fsp3) is 0.375. The quantitative estimate of drug-likeness (QED) is 0.898. The number of amides is 1. The fourth-order valence-corrected chi connectivity index (χ4v) is 2.85. The fourth-order valence-electron chi connectivity index (χ4n) is 2.85. The Morgan fingerprint density at radius 2 is 2.15 bits per heavy atom. The summed E-state index contributed by atoms with van der Waals surface area (Å²) >= 11 is 0. The lowest BCUT2D eigenvalue weighted by Gasteiger charge is -2.38. The van der Waals surface area contributed by atoms with E-state index in [-0.39, 0.29) is 24.0 Å². The lowest BCUT2D eigenvalue weighted by molar-refractivity contribution is -0.120. The number of nitrogens with one attached hydrogen (secondary N) is 1. The van der Waals surface area contributed by atoms with Gasteiger partial charge >= 0.3 is 0 Å². The molecule has 1 aliphatic rings. The van der Waals surface area contributed by atoms with E-state index in [0.717, 1.165) is 29.3 Å². The van der Waals surface area contributed by atoms with Gasteiger partial charge in [-0.2, -0.15) is 0 Å². The molecule has 2 N–H and O–H groups in total. The molecule has 1 fully saturated rings. The molecule has 0 unspecified atom stereocenters. The molecule has 0 saturated heterocycles. The molecule has 0 aliphatic heterocycles. The third kappa shape index (κ3) is 2.51. The lowest BCUT2D eigenvalue weighted by atomic mass is 9.75. The summed E-state index contributed by atoms with van der Waals surface area (Å²) in [5.74, 6) is 0.237. The maximum absolute atomic E-state index is 11.4. The van der Waals surface area contributed by atoms with Gasteiger partial charge in [-0.3, -0.25) is 9.78 Å². The zero-order valence-electron chi connectivity index (χ0n) is 11.4. The van der Waals surface area contributed by atoms with Crippen LogP contribution in [-0.2, 0) is 4.79 Å². The van der Waals surface area contributed by atoms with Gasteiger partial charge in [-0.15, -0.1) is 0 Å². The highest BCUT2D eigenvalue weighted by Crippen LogP contribution is 2.38. The highest BCUT2D eigenvalue weighted by molar-refractivity contribution is 5.79. The van der Waals surface area contributed by atoms with E-state index in [2.05, 4.69) is 16.4 Å². The van der Waals surface area contributed by atoms with Crippen molar-refractivity contribution in [1.29, 1.82) is 0 Å². The first-order valence-corrected chi connectivity index (χ1v) is 6.93. The molecule has 1 aromatic carbocycles. The monoisotopic (exact) mass is 270 g/mol. The molecule has 20 heavy (non-hydrogen) atoms. The summed E-state index contributed by atoms with van der Waals surface area (Å²) in [5.41, 5.74) is 1.96. The average Bonchev–Trinajstić information content (AvgIpc) is 2.41. The molecule has 3 rings (SSSR count). The number of para-hydroxylation sites is 1. The number of benzene rings is 1. The standard InChI is InChI=1S/C16H18N2O2/c1-10(19)18-16(12-7-14(20)8-12)13-6-11-4-2-3-5-15(11)17-9-13/h2-6,9,12,14,16,20H,7-8H2,1H3,(H,18,19)/t12?,14?,16-/m1/s1. The Bertz CT molecular complexity index is 635. The second-order valence-corrected chi connectivity index (χ2v) is 5.52. The van der Waals surface area contributed by atoms with Crippen LogP contribution in [0.5, 0.6) is 0 Å². The molecule has 1 atom stereocenters. The van der Waals surface area contributed by atoms with Crippen molar-refractivity contribution in [2.75, 3.05) is 0 Å². The van der Waals surface area contributed by atoms with E-state index in [4.69, 9.17) is 0 Å². The van der Waals surface area contributed by atoms with Crippen molar-refractivity contribution >= 4 is 16.8 Å². The van der Waals surface area contributed by atoms with Gasteiger partial charge in [0.1, 0.15) is 0 Å². The highest BCUT2D eigenvalue weighted by Gasteiger charge is 2.35. The van der Waals surface area contributed by atoms with Crippen LogP contribution in [0.2, 0.25) is 0 Å². The van der Waals surface area contributed by atoms with E-state index in [1.54, 1.807) is 0 Å². The second-order valence-electron chi connectivity index (χ2n) is 5.52. The molecule has 0 radical (unpaired) electrons. The molecule has 1 amide bonds. The van der Waals surface area contributed by atoms with Crippen LogP contribution < -0.4 is 5.32 Å². The molecule has 1 saturated carbocycles. The van der Waals surface area contributed by atoms with Crippen LogP contribution in [0.15, 0.2) is 36.5 Å². The van der Waals surface area contributed by atoms with E-state index < -0.39 is 0 Å². The molecule has 4 nitrogen and oxygen atoms in total. The van der Waals surface area contributed by atoms with Crippen LogP contribution in [0.25, 0.3) is 10.9 Å². The topological polar surface area (TPSA) is 62.2 Å². The number of pyridine rings is 1. The molecule has 104 valence electrons. The Morgan fingerprint density at radius 1 is 1.40 bits per heavy atom. The minimum absolute atomic E-state index is 0.0513. The minimum Gasteiger partial charge on any atom is -0.393 e. The summed E-state index contributed by atoms with van der Waals surface area (Å²) < 4.78 is 0. The Kier molecular flexibility index (Phi) is 3.40. The van der Waals surface area contributed by atoms with Gasteiger partial charge < -0.3 is 10.4 Å². The predicted molar refractivity (Wildman–Crippen MR) is 77.0 cm³/mol. The number of hydrogen-bond donors (Lipinski definition) is 2. The summed E-state index contributed by atoms with van der Waals surface area (Å²) in [7, 11) is 0. The van der Waals surface area contributed by atoms with Gasteiger partial charge in [0.25, 0.3) is 0 Å². The van der Waals surface area contributed by atoms with Gasteiger partial charge in [-0.1, -0.05) is 18.2 Å². The van der Waals surface area contributed by atoms with Crippen molar-refractivity contribution < 1.29 is 9.90 Å². The summed E-state index contributed by atoms with van der Waals surface area (Å²) in [6, 6.07) is 9.95. The first-order valence-electron chi connectivity index (χ1n) is 6.93. The van der Waals surface area contributed by atoms with Gasteiger partial charge in [0.05, 0.1) is 17.7 Å². The van der Waals surface area contributed by atoms with E-state index in [0.29, 0.717) is 0 Å². The van der Waals surface area contributed by atoms with Gasteiger partial charge in [0.2, 0.25) is 5.91 Å². The molecular weight excluding hydrogens is 252 g/mol. The van der Waals surface area contributed by atoms with Gasteiger partial charge in [-0.25, -0.2) is 0 Å². The Labute approximate surface area is 117 Å². The Morgan fingerprint density at radius 3 is 2.85 bits per heavy atom.